The van der Waals surface area contributed by atoms with E-state index in [9.17, 15) is 26.7 Å². The van der Waals surface area contributed by atoms with Crippen molar-refractivity contribution in [3.05, 3.63) is 49.6 Å². The van der Waals surface area contributed by atoms with Crippen molar-refractivity contribution in [3.8, 4) is 5.69 Å². The molecule has 9 heteroatoms. The first-order valence-corrected chi connectivity index (χ1v) is 5.55. The molecule has 0 amide bonds. The van der Waals surface area contributed by atoms with E-state index in [1.165, 1.54) is 6.92 Å². The zero-order valence-electron chi connectivity index (χ0n) is 9.12. The van der Waals surface area contributed by atoms with E-state index in [4.69, 9.17) is 0 Å². The zero-order chi connectivity index (χ0) is 14.5. The Morgan fingerprint density at radius 3 is 1.74 bits per heavy atom. The molecule has 1 N–H and O–H groups in total. The Labute approximate surface area is 110 Å². The van der Waals surface area contributed by atoms with Gasteiger partial charge in [-0.15, -0.1) is 0 Å². The maximum atomic E-state index is 13.5. The summed E-state index contributed by atoms with van der Waals surface area (Å²) in [6.07, 6.45) is 0. The standard InChI is InChI=1S/C10H4BrF5N2O/c1-2-3(11)10(19)18(17-2)9-7(15)5(13)4(12)6(14)8(9)16/h17H,1H3. The molecule has 2 rings (SSSR count). The minimum atomic E-state index is -2.28. The van der Waals surface area contributed by atoms with Crippen LogP contribution in [0.2, 0.25) is 0 Å². The normalized spacial score (nSPS) is 11.1. The van der Waals surface area contributed by atoms with Crippen LogP contribution < -0.4 is 5.56 Å². The molecule has 102 valence electrons. The van der Waals surface area contributed by atoms with Crippen molar-refractivity contribution in [1.29, 1.82) is 0 Å². The Morgan fingerprint density at radius 2 is 1.37 bits per heavy atom. The number of nitrogens with zero attached hydrogens (tertiary/aromatic N) is 1. The van der Waals surface area contributed by atoms with E-state index in [1.54, 1.807) is 0 Å². The number of aromatic amines is 1. The summed E-state index contributed by atoms with van der Waals surface area (Å²) >= 11 is 2.83. The van der Waals surface area contributed by atoms with Crippen LogP contribution >= 0.6 is 15.9 Å². The topological polar surface area (TPSA) is 37.8 Å². The Bertz CT molecular complexity index is 707. The molecule has 0 aliphatic heterocycles. The molecule has 3 nitrogen and oxygen atoms in total. The number of H-pyrrole nitrogens is 1. The third kappa shape index (κ3) is 1.88. The number of hydrogen-bond donors (Lipinski definition) is 1. The Morgan fingerprint density at radius 1 is 0.947 bits per heavy atom. The molecule has 19 heavy (non-hydrogen) atoms. The van der Waals surface area contributed by atoms with Crippen LogP contribution in [0.15, 0.2) is 9.27 Å². The number of halogens is 6. The van der Waals surface area contributed by atoms with Gasteiger partial charge in [-0.05, 0) is 22.9 Å². The van der Waals surface area contributed by atoms with Crippen LogP contribution in [0.5, 0.6) is 0 Å². The van der Waals surface area contributed by atoms with Gasteiger partial charge in [0.05, 0.1) is 0 Å². The number of rotatable bonds is 1. The van der Waals surface area contributed by atoms with E-state index in [2.05, 4.69) is 21.0 Å². The molecule has 0 saturated heterocycles. The lowest BCUT2D eigenvalue weighted by Crippen LogP contribution is -2.20. The number of hydrogen-bond acceptors (Lipinski definition) is 1. The van der Waals surface area contributed by atoms with Crippen LogP contribution in [0.3, 0.4) is 0 Å². The molecule has 0 radical (unpaired) electrons. The molecule has 1 aromatic heterocycles. The predicted molar refractivity (Wildman–Crippen MR) is 58.6 cm³/mol. The van der Waals surface area contributed by atoms with Crippen LogP contribution in [0.1, 0.15) is 5.69 Å². The fourth-order valence-corrected chi connectivity index (χ4v) is 1.74. The van der Waals surface area contributed by atoms with Gasteiger partial charge in [-0.25, -0.2) is 26.6 Å². The first-order valence-electron chi connectivity index (χ1n) is 4.76. The summed E-state index contributed by atoms with van der Waals surface area (Å²) in [5.41, 5.74) is -2.15. The van der Waals surface area contributed by atoms with Crippen LogP contribution in [-0.4, -0.2) is 9.78 Å². The van der Waals surface area contributed by atoms with E-state index >= 15 is 0 Å². The van der Waals surface area contributed by atoms with Gasteiger partial charge in [0.25, 0.3) is 5.56 Å². The number of benzene rings is 1. The molecular weight excluding hydrogens is 339 g/mol. The fraction of sp³-hybridized carbons (Fsp3) is 0.100. The maximum absolute atomic E-state index is 13.5. The minimum absolute atomic E-state index is 0.0727. The second kappa shape index (κ2) is 4.48. The van der Waals surface area contributed by atoms with Crippen LogP contribution in [0, 0.1) is 36.0 Å². The molecule has 0 atom stereocenters. The first-order chi connectivity index (χ1) is 8.77. The van der Waals surface area contributed by atoms with Crippen LogP contribution in [-0.2, 0) is 0 Å². The highest BCUT2D eigenvalue weighted by Crippen LogP contribution is 2.25. The highest BCUT2D eigenvalue weighted by Gasteiger charge is 2.28. The molecule has 0 unspecified atom stereocenters. The monoisotopic (exact) mass is 342 g/mol. The molecule has 0 aliphatic rings. The van der Waals surface area contributed by atoms with Crippen molar-refractivity contribution in [2.24, 2.45) is 0 Å². The summed E-state index contributed by atoms with van der Waals surface area (Å²) in [5.74, 6) is -10.7. The van der Waals surface area contributed by atoms with Crippen molar-refractivity contribution in [2.45, 2.75) is 6.92 Å². The van der Waals surface area contributed by atoms with E-state index in [0.29, 0.717) is 0 Å². The van der Waals surface area contributed by atoms with Gasteiger partial charge in [0.15, 0.2) is 23.3 Å². The maximum Gasteiger partial charge on any atom is 0.285 e. The second-order valence-electron chi connectivity index (χ2n) is 3.61. The Hall–Kier alpha value is -1.64. The van der Waals surface area contributed by atoms with Crippen molar-refractivity contribution in [1.82, 2.24) is 9.78 Å². The average molecular weight is 343 g/mol. The molecule has 1 aromatic carbocycles. The molecule has 0 aliphatic carbocycles. The number of nitrogens with one attached hydrogen (secondary N) is 1. The Balaban J connectivity index is 2.91. The second-order valence-corrected chi connectivity index (χ2v) is 4.40. The summed E-state index contributed by atoms with van der Waals surface area (Å²) in [4.78, 5) is 11.6. The van der Waals surface area contributed by atoms with Gasteiger partial charge in [-0.2, -0.15) is 0 Å². The molecule has 0 bridgehead atoms. The summed E-state index contributed by atoms with van der Waals surface area (Å²) < 4.78 is 66.1. The van der Waals surface area contributed by atoms with Gasteiger partial charge in [0, 0.05) is 5.69 Å². The molecule has 0 saturated carbocycles. The fourth-order valence-electron chi connectivity index (χ4n) is 1.47. The number of aromatic nitrogens is 2. The highest BCUT2D eigenvalue weighted by molar-refractivity contribution is 9.10. The largest absolute Gasteiger partial charge is 0.294 e. The minimum Gasteiger partial charge on any atom is -0.294 e. The average Bonchev–Trinajstić information content (AvgIpc) is 2.62. The summed E-state index contributed by atoms with van der Waals surface area (Å²) in [7, 11) is 0. The van der Waals surface area contributed by atoms with Gasteiger partial charge in [0.2, 0.25) is 5.82 Å². The summed E-state index contributed by atoms with van der Waals surface area (Å²) in [6, 6.07) is 0. The molecule has 0 fully saturated rings. The third-order valence-corrected chi connectivity index (χ3v) is 3.34. The molecule has 1 heterocycles. The van der Waals surface area contributed by atoms with Crippen molar-refractivity contribution in [2.75, 3.05) is 0 Å². The van der Waals surface area contributed by atoms with Gasteiger partial charge in [-0.1, -0.05) is 0 Å². The third-order valence-electron chi connectivity index (χ3n) is 2.41. The first kappa shape index (κ1) is 13.8. The molecule has 0 spiro atoms. The van der Waals surface area contributed by atoms with Crippen LogP contribution in [0.25, 0.3) is 5.69 Å². The van der Waals surface area contributed by atoms with Gasteiger partial charge in [0.1, 0.15) is 10.2 Å². The molecule has 2 aromatic rings. The summed E-state index contributed by atoms with van der Waals surface area (Å²) in [6.45, 7) is 1.38. The van der Waals surface area contributed by atoms with E-state index < -0.39 is 40.3 Å². The quantitative estimate of drug-likeness (QED) is 0.483. The van der Waals surface area contributed by atoms with Crippen molar-refractivity contribution in [3.63, 3.8) is 0 Å². The highest BCUT2D eigenvalue weighted by atomic mass is 79.9. The smallest absolute Gasteiger partial charge is 0.285 e. The molecular formula is C10H4BrF5N2O. The van der Waals surface area contributed by atoms with Gasteiger partial charge >= 0.3 is 0 Å². The van der Waals surface area contributed by atoms with E-state index in [1.807, 2.05) is 0 Å². The number of aryl methyl sites for hydroxylation is 1. The van der Waals surface area contributed by atoms with Gasteiger partial charge < -0.3 is 0 Å². The lowest BCUT2D eigenvalue weighted by Gasteiger charge is -2.07. The predicted octanol–water partition coefficient (Wildman–Crippen LogP) is 2.93. The Kier molecular flexibility index (Phi) is 3.25. The summed E-state index contributed by atoms with van der Waals surface area (Å²) in [5, 5.41) is 2.21. The lowest BCUT2D eigenvalue weighted by molar-refractivity contribution is 0.373. The van der Waals surface area contributed by atoms with E-state index in [-0.39, 0.29) is 14.8 Å². The SMILES string of the molecule is Cc1[nH]n(-c2c(F)c(F)c(F)c(F)c2F)c(=O)c1Br. The van der Waals surface area contributed by atoms with Crippen molar-refractivity contribution < 1.29 is 22.0 Å². The zero-order valence-corrected chi connectivity index (χ0v) is 10.7. The van der Waals surface area contributed by atoms with Crippen molar-refractivity contribution >= 4 is 15.9 Å². The lowest BCUT2D eigenvalue weighted by atomic mass is 10.2. The van der Waals surface area contributed by atoms with Gasteiger partial charge in [-0.3, -0.25) is 9.89 Å². The van der Waals surface area contributed by atoms with E-state index in [0.717, 1.165) is 0 Å². The van der Waals surface area contributed by atoms with Crippen LogP contribution in [0.4, 0.5) is 22.0 Å².